The van der Waals surface area contributed by atoms with Gasteiger partial charge in [-0.3, -0.25) is 4.79 Å². The first kappa shape index (κ1) is 20.9. The number of rotatable bonds is 3. The molecule has 0 radical (unpaired) electrons. The Bertz CT molecular complexity index is 923. The van der Waals surface area contributed by atoms with Gasteiger partial charge in [-0.1, -0.05) is 6.07 Å². The Balaban J connectivity index is 1.39. The standard InChI is InChI=1S/C23H32N8O/c1-28-16-21(32)31(18-5-4-8-24-10-7-18)15-19-22(28)26-17-27-23(19)30-13-11-29(12-14-30)20-6-2-3-9-25-20/h2-3,6,9,17-18,24H,4-5,7-8,10-16H2,1H3. The molecule has 9 nitrogen and oxygen atoms in total. The normalized spacial score (nSPS) is 22.4. The summed E-state index contributed by atoms with van der Waals surface area (Å²) in [6.07, 6.45) is 6.63. The van der Waals surface area contributed by atoms with Gasteiger partial charge in [0.25, 0.3) is 0 Å². The van der Waals surface area contributed by atoms with Gasteiger partial charge in [0, 0.05) is 45.5 Å². The Morgan fingerprint density at radius 1 is 0.938 bits per heavy atom. The molecule has 0 bridgehead atoms. The van der Waals surface area contributed by atoms with Crippen LogP contribution in [0.4, 0.5) is 17.5 Å². The molecule has 0 aliphatic carbocycles. The van der Waals surface area contributed by atoms with E-state index in [-0.39, 0.29) is 11.9 Å². The summed E-state index contributed by atoms with van der Waals surface area (Å²) in [5, 5.41) is 3.46. The maximum absolute atomic E-state index is 13.2. The van der Waals surface area contributed by atoms with E-state index in [0.717, 1.165) is 81.5 Å². The lowest BCUT2D eigenvalue weighted by molar-refractivity contribution is -0.132. The van der Waals surface area contributed by atoms with Gasteiger partial charge < -0.3 is 24.9 Å². The van der Waals surface area contributed by atoms with Crippen molar-refractivity contribution in [1.29, 1.82) is 0 Å². The highest BCUT2D eigenvalue weighted by molar-refractivity contribution is 5.84. The van der Waals surface area contributed by atoms with Gasteiger partial charge in [0.15, 0.2) is 0 Å². The van der Waals surface area contributed by atoms with Gasteiger partial charge in [0.05, 0.1) is 18.7 Å². The summed E-state index contributed by atoms with van der Waals surface area (Å²) in [7, 11) is 1.96. The number of anilines is 3. The number of carbonyl (C=O) groups is 1. The number of hydrogen-bond donors (Lipinski definition) is 1. The smallest absolute Gasteiger partial charge is 0.242 e. The van der Waals surface area contributed by atoms with Crippen molar-refractivity contribution in [2.45, 2.75) is 31.8 Å². The molecule has 170 valence electrons. The fourth-order valence-corrected chi connectivity index (χ4v) is 5.10. The van der Waals surface area contributed by atoms with Crippen LogP contribution in [0.3, 0.4) is 0 Å². The van der Waals surface area contributed by atoms with Crippen LogP contribution in [0.25, 0.3) is 0 Å². The van der Waals surface area contributed by atoms with Crippen LogP contribution in [0, 0.1) is 0 Å². The molecule has 1 amide bonds. The molecule has 3 aliphatic rings. The molecular weight excluding hydrogens is 404 g/mol. The number of piperazine rings is 1. The molecule has 0 aromatic carbocycles. The lowest BCUT2D eigenvalue weighted by Crippen LogP contribution is -2.47. The van der Waals surface area contributed by atoms with Crippen molar-refractivity contribution >= 4 is 23.4 Å². The summed E-state index contributed by atoms with van der Waals surface area (Å²) in [5.74, 6) is 3.05. The van der Waals surface area contributed by atoms with Crippen LogP contribution in [0.15, 0.2) is 30.7 Å². The quantitative estimate of drug-likeness (QED) is 0.767. The maximum atomic E-state index is 13.2. The molecule has 9 heteroatoms. The van der Waals surface area contributed by atoms with Crippen molar-refractivity contribution in [3.05, 3.63) is 36.3 Å². The highest BCUT2D eigenvalue weighted by Crippen LogP contribution is 2.32. The van der Waals surface area contributed by atoms with Crippen molar-refractivity contribution in [3.63, 3.8) is 0 Å². The van der Waals surface area contributed by atoms with Gasteiger partial charge in [-0.05, 0) is 44.5 Å². The van der Waals surface area contributed by atoms with E-state index in [2.05, 4.69) is 36.1 Å². The molecule has 5 heterocycles. The second-order valence-electron chi connectivity index (χ2n) is 8.87. The molecule has 1 N–H and O–H groups in total. The van der Waals surface area contributed by atoms with Crippen LogP contribution in [-0.4, -0.2) is 84.7 Å². The van der Waals surface area contributed by atoms with E-state index in [9.17, 15) is 4.79 Å². The third-order valence-electron chi connectivity index (χ3n) is 6.82. The van der Waals surface area contributed by atoms with Crippen LogP contribution in [0.2, 0.25) is 0 Å². The first-order chi connectivity index (χ1) is 15.7. The number of nitrogens with one attached hydrogen (secondary N) is 1. The molecule has 0 saturated carbocycles. The number of carbonyl (C=O) groups excluding carboxylic acids is 1. The lowest BCUT2D eigenvalue weighted by Gasteiger charge is -2.37. The molecule has 32 heavy (non-hydrogen) atoms. The molecule has 2 aromatic heterocycles. The summed E-state index contributed by atoms with van der Waals surface area (Å²) >= 11 is 0. The summed E-state index contributed by atoms with van der Waals surface area (Å²) in [6.45, 7) is 6.45. The minimum absolute atomic E-state index is 0.184. The molecule has 0 spiro atoms. The molecule has 5 rings (SSSR count). The van der Waals surface area contributed by atoms with Crippen molar-refractivity contribution in [2.24, 2.45) is 0 Å². The molecule has 3 aliphatic heterocycles. The minimum Gasteiger partial charge on any atom is -0.353 e. The number of amides is 1. The fraction of sp³-hybridized carbons (Fsp3) is 0.565. The largest absolute Gasteiger partial charge is 0.353 e. The second kappa shape index (κ2) is 9.28. The van der Waals surface area contributed by atoms with Crippen molar-refractivity contribution in [2.75, 3.05) is 67.6 Å². The molecular formula is C23H32N8O. The van der Waals surface area contributed by atoms with Gasteiger partial charge in [0.2, 0.25) is 5.91 Å². The van der Waals surface area contributed by atoms with E-state index in [4.69, 9.17) is 4.98 Å². The van der Waals surface area contributed by atoms with E-state index in [1.807, 2.05) is 30.3 Å². The molecule has 2 fully saturated rings. The monoisotopic (exact) mass is 436 g/mol. The predicted octanol–water partition coefficient (Wildman–Crippen LogP) is 1.12. The number of hydrogen-bond acceptors (Lipinski definition) is 8. The first-order valence-electron chi connectivity index (χ1n) is 11.7. The Morgan fingerprint density at radius 3 is 2.56 bits per heavy atom. The van der Waals surface area contributed by atoms with Gasteiger partial charge in [-0.2, -0.15) is 0 Å². The lowest BCUT2D eigenvalue weighted by atomic mass is 10.1. The van der Waals surface area contributed by atoms with Crippen molar-refractivity contribution in [3.8, 4) is 0 Å². The average Bonchev–Trinajstić information content (AvgIpc) is 3.18. The van der Waals surface area contributed by atoms with E-state index < -0.39 is 0 Å². The molecule has 2 aromatic rings. The first-order valence-corrected chi connectivity index (χ1v) is 11.7. The minimum atomic E-state index is 0.184. The fourth-order valence-electron chi connectivity index (χ4n) is 5.10. The summed E-state index contributed by atoms with van der Waals surface area (Å²) in [5.41, 5.74) is 1.07. The third-order valence-corrected chi connectivity index (χ3v) is 6.82. The predicted molar refractivity (Wildman–Crippen MR) is 125 cm³/mol. The van der Waals surface area contributed by atoms with Gasteiger partial charge in [0.1, 0.15) is 23.8 Å². The molecule has 1 unspecified atom stereocenters. The van der Waals surface area contributed by atoms with Crippen LogP contribution < -0.4 is 20.0 Å². The second-order valence-corrected chi connectivity index (χ2v) is 8.87. The van der Waals surface area contributed by atoms with Crippen molar-refractivity contribution in [1.82, 2.24) is 25.2 Å². The summed E-state index contributed by atoms with van der Waals surface area (Å²) in [6, 6.07) is 6.31. The summed E-state index contributed by atoms with van der Waals surface area (Å²) < 4.78 is 0. The number of aromatic nitrogens is 3. The number of fused-ring (bicyclic) bond motifs is 1. The highest BCUT2D eigenvalue weighted by Gasteiger charge is 2.33. The van der Waals surface area contributed by atoms with Crippen LogP contribution in [0.5, 0.6) is 0 Å². The van der Waals surface area contributed by atoms with E-state index in [1.54, 1.807) is 6.33 Å². The highest BCUT2D eigenvalue weighted by atomic mass is 16.2. The van der Waals surface area contributed by atoms with E-state index in [1.165, 1.54) is 0 Å². The Labute approximate surface area is 189 Å². The van der Waals surface area contributed by atoms with Crippen LogP contribution >= 0.6 is 0 Å². The van der Waals surface area contributed by atoms with Gasteiger partial charge >= 0.3 is 0 Å². The third kappa shape index (κ3) is 4.21. The van der Waals surface area contributed by atoms with Gasteiger partial charge in [-0.25, -0.2) is 15.0 Å². The zero-order valence-corrected chi connectivity index (χ0v) is 18.8. The van der Waals surface area contributed by atoms with E-state index >= 15 is 0 Å². The van der Waals surface area contributed by atoms with Crippen molar-refractivity contribution < 1.29 is 4.79 Å². The number of nitrogens with zero attached hydrogens (tertiary/aromatic N) is 7. The molecule has 1 atom stereocenters. The Morgan fingerprint density at radius 2 is 1.75 bits per heavy atom. The van der Waals surface area contributed by atoms with Crippen LogP contribution in [-0.2, 0) is 11.3 Å². The van der Waals surface area contributed by atoms with Crippen LogP contribution in [0.1, 0.15) is 24.8 Å². The molecule has 2 saturated heterocycles. The number of likely N-dealkylation sites (N-methyl/N-ethyl adjacent to an activating group) is 1. The summed E-state index contributed by atoms with van der Waals surface area (Å²) in [4.78, 5) is 35.7. The van der Waals surface area contributed by atoms with Gasteiger partial charge in [-0.15, -0.1) is 0 Å². The van der Waals surface area contributed by atoms with E-state index in [0.29, 0.717) is 13.1 Å². The Hall–Kier alpha value is -2.94. The zero-order valence-electron chi connectivity index (χ0n) is 18.8. The maximum Gasteiger partial charge on any atom is 0.242 e. The SMILES string of the molecule is CN1CC(=O)N(C2CCCNCC2)Cc2c1ncnc2N1CCN(c2ccccn2)CC1. The Kier molecular flexibility index (Phi) is 6.07. The average molecular weight is 437 g/mol. The zero-order chi connectivity index (χ0) is 21.9. The topological polar surface area (TPSA) is 80.7 Å². The number of pyridine rings is 1.